The third-order valence-corrected chi connectivity index (χ3v) is 19.1. The van der Waals surface area contributed by atoms with Crippen LogP contribution < -0.4 is 30.3 Å². The van der Waals surface area contributed by atoms with Crippen LogP contribution >= 0.6 is 11.6 Å². The third kappa shape index (κ3) is 14.0. The number of halogens is 1. The Bertz CT molecular complexity index is 3780. The highest BCUT2D eigenvalue weighted by molar-refractivity contribution is 7.90. The molecule has 1 atom stereocenters. The summed E-state index contributed by atoms with van der Waals surface area (Å²) in [6, 6.07) is 24.4. The zero-order valence-electron chi connectivity index (χ0n) is 48.9. The number of likely N-dealkylation sites (tertiary alicyclic amines) is 1. The molecule has 5 amide bonds. The lowest BCUT2D eigenvalue weighted by Crippen LogP contribution is -2.54. The molecule has 21 nitrogen and oxygen atoms in total. The number of benzene rings is 4. The number of nitro groups is 1. The molecule has 5 N–H and O–H groups in total. The van der Waals surface area contributed by atoms with Crippen LogP contribution in [0.25, 0.3) is 16.6 Å². The van der Waals surface area contributed by atoms with Crippen LogP contribution in [0.2, 0.25) is 5.02 Å². The summed E-state index contributed by atoms with van der Waals surface area (Å²) >= 11 is 6.27. The highest BCUT2D eigenvalue weighted by atomic mass is 35.5. The van der Waals surface area contributed by atoms with Crippen LogP contribution in [-0.2, 0) is 19.6 Å². The Kier molecular flexibility index (Phi) is 18.1. The number of nitrogens with zero attached hydrogens (tertiary/aromatic N) is 6. The number of nitro benzene ring substituents is 1. The van der Waals surface area contributed by atoms with Crippen LogP contribution in [0.15, 0.2) is 114 Å². The molecule has 4 aliphatic heterocycles. The largest absolute Gasteiger partial charge is 0.455 e. The van der Waals surface area contributed by atoms with Gasteiger partial charge in [-0.15, -0.1) is 0 Å². The van der Waals surface area contributed by atoms with E-state index in [2.05, 4.69) is 71.3 Å². The maximum Gasteiger partial charge on any atom is 0.293 e. The number of piperazine rings is 1. The van der Waals surface area contributed by atoms with Crippen LogP contribution in [0.4, 0.5) is 22.7 Å². The molecule has 23 heteroatoms. The molecule has 3 fully saturated rings. The predicted molar refractivity (Wildman–Crippen MR) is 333 cm³/mol. The number of sulfonamides is 1. The van der Waals surface area contributed by atoms with Gasteiger partial charge in [-0.2, -0.15) is 0 Å². The third-order valence-electron chi connectivity index (χ3n) is 17.5. The first kappa shape index (κ1) is 60.5. The fourth-order valence-electron chi connectivity index (χ4n) is 12.6. The van der Waals surface area contributed by atoms with Gasteiger partial charge in [0, 0.05) is 92.3 Å². The molecule has 0 radical (unpaired) electrons. The lowest BCUT2D eigenvalue weighted by atomic mass is 9.72. The van der Waals surface area contributed by atoms with Crippen molar-refractivity contribution in [2.45, 2.75) is 95.4 Å². The zero-order valence-corrected chi connectivity index (χ0v) is 50.4. The highest BCUT2D eigenvalue weighted by Crippen LogP contribution is 2.44. The summed E-state index contributed by atoms with van der Waals surface area (Å²) < 4.78 is 36.5. The molecule has 0 saturated carbocycles. The van der Waals surface area contributed by atoms with E-state index in [1.165, 1.54) is 41.1 Å². The number of ether oxygens (including phenoxy) is 1. The van der Waals surface area contributed by atoms with Gasteiger partial charge in [0.25, 0.3) is 33.4 Å². The number of unbranched alkanes of at least 4 members (excludes halogenated alkanes) is 3. The molecule has 456 valence electrons. The molecular formula is C64H72ClN11O10S. The first-order valence-electron chi connectivity index (χ1n) is 30.0. The predicted octanol–water partition coefficient (Wildman–Crippen LogP) is 10.0. The maximum atomic E-state index is 14.2. The maximum absolute atomic E-state index is 14.2. The number of anilines is 3. The standard InChI is InChI=1S/C64H72ClN11O10S/c1-64(2)24-20-44(51(37-64)42-10-12-45(65)13-11-42)40-73-30-32-74(33-31-73)46-14-16-49(56(35-46)86-47-34-43-21-26-67-59(43)69-39-47)60(78)71-87(84,85)48-15-17-52(55(36-48)76(82)83)68-38-41-22-28-72(29-23-41)27-6-4-3-5-25-66-53-9-7-8-50-58(53)63(81)75(62(50)80)54-18-19-57(77)70-61(54)79/h7-17,21,26,34-36,39,41,54,66,68H,3-6,18-20,22-25,27-33,37-38,40H2,1-2H3,(H,67,69)(H,71,78)(H,70,77,79). The van der Waals surface area contributed by atoms with E-state index in [0.717, 1.165) is 124 Å². The number of amides is 5. The molecule has 87 heavy (non-hydrogen) atoms. The summed E-state index contributed by atoms with van der Waals surface area (Å²) in [5, 5.41) is 22.7. The number of H-pyrrole nitrogens is 1. The van der Waals surface area contributed by atoms with E-state index in [-0.39, 0.29) is 52.3 Å². The monoisotopic (exact) mass is 1220 g/mol. The lowest BCUT2D eigenvalue weighted by molar-refractivity contribution is -0.384. The summed E-state index contributed by atoms with van der Waals surface area (Å²) in [7, 11) is -4.63. The lowest BCUT2D eigenvalue weighted by Gasteiger charge is -2.39. The molecule has 5 aliphatic rings. The van der Waals surface area contributed by atoms with Crippen molar-refractivity contribution in [1.82, 2.24) is 34.7 Å². The van der Waals surface area contributed by atoms with Gasteiger partial charge in [-0.3, -0.25) is 49.2 Å². The summed E-state index contributed by atoms with van der Waals surface area (Å²) in [5.41, 5.74) is 6.41. The minimum absolute atomic E-state index is 0.0543. The SMILES string of the molecule is CC1(C)CCC(CN2CCN(c3ccc(C(=O)NS(=O)(=O)c4ccc(NCC5CCN(CCCCCCNc6cccc7c6C(=O)N(C6CCC(=O)NC6=O)C7=O)CC5)c([N+](=O)[O-])c4)c(Oc4cnc5[nH]ccc5c4)c3)CC2)=C(c2ccc(Cl)cc2)C1. The van der Waals surface area contributed by atoms with Crippen molar-refractivity contribution >= 4 is 90.5 Å². The first-order chi connectivity index (χ1) is 41.9. The number of aromatic amines is 1. The van der Waals surface area contributed by atoms with Crippen molar-refractivity contribution in [2.75, 3.05) is 81.0 Å². The van der Waals surface area contributed by atoms with Crippen LogP contribution in [0.5, 0.6) is 11.5 Å². The van der Waals surface area contributed by atoms with E-state index >= 15 is 0 Å². The number of nitrogens with one attached hydrogen (secondary N) is 5. The van der Waals surface area contributed by atoms with Crippen LogP contribution in [-0.4, -0.2) is 139 Å². The number of imide groups is 2. The molecule has 2 aromatic heterocycles. The van der Waals surface area contributed by atoms with Crippen molar-refractivity contribution in [3.63, 3.8) is 0 Å². The molecule has 6 aromatic rings. The minimum atomic E-state index is -4.63. The number of pyridine rings is 1. The number of carbonyl (C=O) groups excluding carboxylic acids is 5. The molecule has 1 unspecified atom stereocenters. The van der Waals surface area contributed by atoms with E-state index in [4.69, 9.17) is 16.3 Å². The fourth-order valence-corrected chi connectivity index (χ4v) is 13.7. The smallest absolute Gasteiger partial charge is 0.293 e. The Balaban J connectivity index is 0.659. The Labute approximate surface area is 510 Å². The number of carbonyl (C=O) groups is 5. The Morgan fingerprint density at radius 1 is 0.839 bits per heavy atom. The van der Waals surface area contributed by atoms with Gasteiger partial charge in [0.1, 0.15) is 28.9 Å². The number of rotatable bonds is 22. The molecule has 0 spiro atoms. The van der Waals surface area contributed by atoms with Gasteiger partial charge in [0.15, 0.2) is 0 Å². The van der Waals surface area contributed by atoms with Crippen molar-refractivity contribution in [3.8, 4) is 11.5 Å². The molecule has 3 saturated heterocycles. The summed E-state index contributed by atoms with van der Waals surface area (Å²) in [4.78, 5) is 92.0. The van der Waals surface area contributed by atoms with Crippen LogP contribution in [0, 0.1) is 21.4 Å². The second-order valence-electron chi connectivity index (χ2n) is 24.1. The van der Waals surface area contributed by atoms with Gasteiger partial charge >= 0.3 is 0 Å². The average molecular weight is 1220 g/mol. The van der Waals surface area contributed by atoms with Crippen molar-refractivity contribution < 1.29 is 42.1 Å². The minimum Gasteiger partial charge on any atom is -0.455 e. The van der Waals surface area contributed by atoms with Gasteiger partial charge in [0.05, 0.1) is 32.7 Å². The van der Waals surface area contributed by atoms with Gasteiger partial charge in [0.2, 0.25) is 11.8 Å². The number of fused-ring (bicyclic) bond motifs is 2. The summed E-state index contributed by atoms with van der Waals surface area (Å²) in [5.74, 6) is -2.45. The number of allylic oxidation sites excluding steroid dienone is 1. The highest BCUT2D eigenvalue weighted by Gasteiger charge is 2.46. The summed E-state index contributed by atoms with van der Waals surface area (Å²) in [6.07, 6.45) is 12.1. The summed E-state index contributed by atoms with van der Waals surface area (Å²) in [6.45, 7) is 12.2. The molecule has 0 bridgehead atoms. The van der Waals surface area contributed by atoms with Crippen LogP contribution in [0.3, 0.4) is 0 Å². The second kappa shape index (κ2) is 26.0. The first-order valence-corrected chi connectivity index (χ1v) is 31.8. The molecule has 6 heterocycles. The van der Waals surface area contributed by atoms with E-state index in [9.17, 15) is 42.5 Å². The van der Waals surface area contributed by atoms with Gasteiger partial charge in [-0.05, 0) is 154 Å². The Morgan fingerprint density at radius 2 is 1.62 bits per heavy atom. The zero-order chi connectivity index (χ0) is 61.0. The molecule has 11 rings (SSSR count). The van der Waals surface area contributed by atoms with Gasteiger partial charge in [-0.25, -0.2) is 18.1 Å². The average Bonchev–Trinajstić information content (AvgIpc) is 1.82. The molecular weight excluding hydrogens is 1150 g/mol. The second-order valence-corrected chi connectivity index (χ2v) is 26.2. The number of piperidine rings is 2. The normalized spacial score (nSPS) is 18.7. The van der Waals surface area contributed by atoms with E-state index in [0.29, 0.717) is 43.3 Å². The Hall–Kier alpha value is -8.18. The number of aromatic nitrogens is 2. The number of hydrogen-bond donors (Lipinski definition) is 5. The van der Waals surface area contributed by atoms with Crippen molar-refractivity contribution in [1.29, 1.82) is 0 Å². The Morgan fingerprint density at radius 3 is 2.39 bits per heavy atom. The molecule has 1 aliphatic carbocycles. The van der Waals surface area contributed by atoms with Crippen LogP contribution in [0.1, 0.15) is 121 Å². The molecule has 4 aromatic carbocycles. The van der Waals surface area contributed by atoms with Crippen molar-refractivity contribution in [2.24, 2.45) is 11.3 Å². The van der Waals surface area contributed by atoms with Gasteiger partial charge in [-0.1, -0.05) is 62.1 Å². The fraction of sp³-hybridized carbons (Fsp3) is 0.406. The van der Waals surface area contributed by atoms with E-state index in [1.54, 1.807) is 42.6 Å². The quantitative estimate of drug-likeness (QED) is 0.0183. The number of hydrogen-bond acceptors (Lipinski definition) is 16. The van der Waals surface area contributed by atoms with E-state index < -0.39 is 61.1 Å². The van der Waals surface area contributed by atoms with E-state index in [1.807, 2.05) is 18.2 Å². The van der Waals surface area contributed by atoms with Crippen molar-refractivity contribution in [3.05, 3.63) is 146 Å². The topological polar surface area (TPSA) is 262 Å². The van der Waals surface area contributed by atoms with Gasteiger partial charge < -0.3 is 30.2 Å².